The van der Waals surface area contributed by atoms with Gasteiger partial charge in [0.1, 0.15) is 18.0 Å². The van der Waals surface area contributed by atoms with Crippen molar-refractivity contribution < 1.29 is 18.3 Å². The fourth-order valence-corrected chi connectivity index (χ4v) is 3.18. The number of aliphatic hydroxyl groups is 1. The predicted molar refractivity (Wildman–Crippen MR) is 101 cm³/mol. The van der Waals surface area contributed by atoms with E-state index in [0.717, 1.165) is 16.7 Å². The zero-order chi connectivity index (χ0) is 20.3. The fourth-order valence-electron chi connectivity index (χ4n) is 3.18. The quantitative estimate of drug-likeness (QED) is 0.669. The zero-order valence-electron chi connectivity index (χ0n) is 15.8. The summed E-state index contributed by atoms with van der Waals surface area (Å²) in [6, 6.07) is 7.42. The van der Waals surface area contributed by atoms with Crippen LogP contribution in [0.5, 0.6) is 0 Å². The molecule has 2 aromatic rings. The monoisotopic (exact) mass is 395 g/mol. The second-order valence-electron chi connectivity index (χ2n) is 7.12. The molecule has 1 fully saturated rings. The van der Waals surface area contributed by atoms with E-state index in [2.05, 4.69) is 20.6 Å². The maximum atomic E-state index is 12.2. The summed E-state index contributed by atoms with van der Waals surface area (Å²) >= 11 is 0. The first-order valence-electron chi connectivity index (χ1n) is 9.07. The molecular formula is C19H24F3N5O. The number of aromatic nitrogens is 2. The van der Waals surface area contributed by atoms with Crippen LogP contribution in [0.15, 0.2) is 30.6 Å². The van der Waals surface area contributed by atoms with Crippen molar-refractivity contribution in [3.05, 3.63) is 47.3 Å². The molecule has 3 rings (SSSR count). The maximum absolute atomic E-state index is 12.2. The summed E-state index contributed by atoms with van der Waals surface area (Å²) in [6.45, 7) is 4.17. The molecule has 1 unspecified atom stereocenters. The molecular weight excluding hydrogens is 371 g/mol. The van der Waals surface area contributed by atoms with Gasteiger partial charge in [-0.05, 0) is 25.0 Å². The second kappa shape index (κ2) is 8.32. The van der Waals surface area contributed by atoms with Gasteiger partial charge in [-0.1, -0.05) is 23.8 Å². The number of alkyl halides is 3. The average molecular weight is 395 g/mol. The van der Waals surface area contributed by atoms with E-state index in [-0.39, 0.29) is 12.6 Å². The van der Waals surface area contributed by atoms with E-state index in [9.17, 15) is 18.3 Å². The van der Waals surface area contributed by atoms with Crippen LogP contribution in [0.3, 0.4) is 0 Å². The van der Waals surface area contributed by atoms with Crippen LogP contribution in [0.25, 0.3) is 0 Å². The third-order valence-corrected chi connectivity index (χ3v) is 4.71. The topological polar surface area (TPSA) is 73.3 Å². The fraction of sp³-hybridized carbons (Fsp3) is 0.474. The van der Waals surface area contributed by atoms with E-state index in [1.165, 1.54) is 6.33 Å². The molecule has 2 heterocycles. The molecule has 3 N–H and O–H groups in total. The van der Waals surface area contributed by atoms with Gasteiger partial charge in [-0.3, -0.25) is 0 Å². The minimum atomic E-state index is -4.21. The number of hydrogen-bond acceptors (Lipinski definition) is 6. The molecule has 0 bridgehead atoms. The smallest absolute Gasteiger partial charge is 0.387 e. The molecule has 0 spiro atoms. The lowest BCUT2D eigenvalue weighted by Crippen LogP contribution is -2.59. The number of benzene rings is 1. The molecule has 0 radical (unpaired) electrons. The summed E-state index contributed by atoms with van der Waals surface area (Å²) in [7, 11) is 0. The lowest BCUT2D eigenvalue weighted by molar-refractivity contribution is -0.126. The van der Waals surface area contributed by atoms with Gasteiger partial charge in [0.2, 0.25) is 0 Å². The molecule has 9 heteroatoms. The Labute approximate surface area is 161 Å². The first kappa shape index (κ1) is 20.3. The molecule has 6 nitrogen and oxygen atoms in total. The number of rotatable bonds is 7. The summed E-state index contributed by atoms with van der Waals surface area (Å²) in [5, 5.41) is 16.0. The summed E-state index contributed by atoms with van der Waals surface area (Å²) in [4.78, 5) is 10.2. The van der Waals surface area contributed by atoms with Crippen LogP contribution in [-0.2, 0) is 0 Å². The maximum Gasteiger partial charge on any atom is 0.401 e. The van der Waals surface area contributed by atoms with Crippen LogP contribution in [0.2, 0.25) is 0 Å². The average Bonchev–Trinajstić information content (AvgIpc) is 2.58. The Bertz CT molecular complexity index is 808. The molecule has 1 saturated heterocycles. The highest BCUT2D eigenvalue weighted by molar-refractivity contribution is 5.50. The summed E-state index contributed by atoms with van der Waals surface area (Å²) in [5.41, 5.74) is 3.02. The lowest BCUT2D eigenvalue weighted by Gasteiger charge is -2.40. The first-order valence-corrected chi connectivity index (χ1v) is 9.07. The van der Waals surface area contributed by atoms with E-state index in [4.69, 9.17) is 0 Å². The van der Waals surface area contributed by atoms with E-state index in [1.54, 1.807) is 6.07 Å². The molecule has 1 aliphatic heterocycles. The van der Waals surface area contributed by atoms with Crippen LogP contribution in [0.4, 0.5) is 24.8 Å². The van der Waals surface area contributed by atoms with Crippen molar-refractivity contribution in [2.75, 3.05) is 36.4 Å². The van der Waals surface area contributed by atoms with Gasteiger partial charge in [0.05, 0.1) is 12.6 Å². The summed E-state index contributed by atoms with van der Waals surface area (Å²) in [5.74, 6) is 1.20. The number of nitrogens with one attached hydrogen (secondary N) is 2. The van der Waals surface area contributed by atoms with Gasteiger partial charge in [-0.25, -0.2) is 9.97 Å². The van der Waals surface area contributed by atoms with Crippen LogP contribution in [0, 0.1) is 13.8 Å². The lowest BCUT2D eigenvalue weighted by atomic mass is 10.0. The molecule has 152 valence electrons. The normalized spacial score (nSPS) is 16.0. The Balaban J connectivity index is 1.52. The number of anilines is 2. The van der Waals surface area contributed by atoms with Gasteiger partial charge in [0.15, 0.2) is 0 Å². The highest BCUT2D eigenvalue weighted by atomic mass is 19.4. The molecule has 0 amide bonds. The van der Waals surface area contributed by atoms with E-state index in [0.29, 0.717) is 24.7 Å². The Morgan fingerprint density at radius 3 is 2.64 bits per heavy atom. The Hall–Kier alpha value is -2.39. The third-order valence-electron chi connectivity index (χ3n) is 4.71. The number of aryl methyl sites for hydroxylation is 2. The standard InChI is InChI=1S/C19H24F3N5O/c1-12-3-4-15(13(2)5-12)16(28)7-23-17-6-18(26-11-25-17)27-8-14(9-27)24-10-19(20,21)22/h3-6,11,14,16,24,28H,7-10H2,1-2H3,(H,23,25,26). The highest BCUT2D eigenvalue weighted by Crippen LogP contribution is 2.23. The number of halogens is 3. The van der Waals surface area contributed by atoms with E-state index >= 15 is 0 Å². The third kappa shape index (κ3) is 5.32. The second-order valence-corrected chi connectivity index (χ2v) is 7.12. The Morgan fingerprint density at radius 1 is 1.21 bits per heavy atom. The van der Waals surface area contributed by atoms with E-state index < -0.39 is 18.8 Å². The van der Waals surface area contributed by atoms with Crippen molar-refractivity contribution in [1.29, 1.82) is 0 Å². The van der Waals surface area contributed by atoms with Crippen molar-refractivity contribution in [3.8, 4) is 0 Å². The predicted octanol–water partition coefficient (Wildman–Crippen LogP) is 2.58. The number of hydrogen-bond donors (Lipinski definition) is 3. The van der Waals surface area contributed by atoms with Gasteiger partial charge in [-0.15, -0.1) is 0 Å². The summed E-state index contributed by atoms with van der Waals surface area (Å²) in [6.07, 6.45) is -3.49. The molecule has 0 saturated carbocycles. The van der Waals surface area contributed by atoms with Gasteiger partial charge in [0.25, 0.3) is 0 Å². The zero-order valence-corrected chi connectivity index (χ0v) is 15.8. The molecule has 1 atom stereocenters. The minimum absolute atomic E-state index is 0.209. The van der Waals surface area contributed by atoms with Crippen LogP contribution >= 0.6 is 0 Å². The van der Waals surface area contributed by atoms with E-state index in [1.807, 2.05) is 36.9 Å². The van der Waals surface area contributed by atoms with Crippen molar-refractivity contribution in [2.45, 2.75) is 32.2 Å². The van der Waals surface area contributed by atoms with Gasteiger partial charge in [-0.2, -0.15) is 13.2 Å². The molecule has 28 heavy (non-hydrogen) atoms. The molecule has 1 aromatic carbocycles. The molecule has 0 aliphatic carbocycles. The Kier molecular flexibility index (Phi) is 6.04. The summed E-state index contributed by atoms with van der Waals surface area (Å²) < 4.78 is 36.7. The van der Waals surface area contributed by atoms with Crippen molar-refractivity contribution in [3.63, 3.8) is 0 Å². The number of aliphatic hydroxyl groups excluding tert-OH is 1. The Morgan fingerprint density at radius 2 is 1.96 bits per heavy atom. The first-order chi connectivity index (χ1) is 13.2. The van der Waals surface area contributed by atoms with Crippen LogP contribution in [-0.4, -0.2) is 53.5 Å². The van der Waals surface area contributed by atoms with Crippen LogP contribution in [0.1, 0.15) is 22.8 Å². The van der Waals surface area contributed by atoms with Crippen molar-refractivity contribution >= 4 is 11.6 Å². The highest BCUT2D eigenvalue weighted by Gasteiger charge is 2.33. The van der Waals surface area contributed by atoms with Gasteiger partial charge >= 0.3 is 6.18 Å². The van der Waals surface area contributed by atoms with Crippen molar-refractivity contribution in [2.24, 2.45) is 0 Å². The van der Waals surface area contributed by atoms with Crippen molar-refractivity contribution in [1.82, 2.24) is 15.3 Å². The SMILES string of the molecule is Cc1ccc(C(O)CNc2cc(N3CC(NCC(F)(F)F)C3)ncn2)c(C)c1. The molecule has 1 aromatic heterocycles. The molecule has 1 aliphatic rings. The largest absolute Gasteiger partial charge is 0.401 e. The van der Waals surface area contributed by atoms with Gasteiger partial charge < -0.3 is 20.6 Å². The van der Waals surface area contributed by atoms with Crippen LogP contribution < -0.4 is 15.5 Å². The number of nitrogens with zero attached hydrogens (tertiary/aromatic N) is 3. The van der Waals surface area contributed by atoms with Gasteiger partial charge in [0, 0.05) is 31.7 Å². The minimum Gasteiger partial charge on any atom is -0.387 e.